The van der Waals surface area contributed by atoms with Crippen molar-refractivity contribution in [2.24, 2.45) is 0 Å². The highest BCUT2D eigenvalue weighted by atomic mass is 16.5. The second-order valence-corrected chi connectivity index (χ2v) is 4.53. The number of unbranched alkanes of at least 4 members (excludes halogenated alkanes) is 1. The van der Waals surface area contributed by atoms with Crippen molar-refractivity contribution in [1.82, 2.24) is 15.3 Å². The average molecular weight is 283 g/mol. The smallest absolute Gasteiger partial charge is 0.115 e. The summed E-state index contributed by atoms with van der Waals surface area (Å²) in [6.07, 6.45) is 4.90. The Bertz CT molecular complexity index is 325. The summed E-state index contributed by atoms with van der Waals surface area (Å²) in [6, 6.07) is 1.84. The third-order valence-electron chi connectivity index (χ3n) is 2.65. The highest BCUT2D eigenvalue weighted by Crippen LogP contribution is 1.91. The molecular weight excluding hydrogens is 258 g/mol. The number of nitrogens with one attached hydrogen (secondary N) is 1. The molecule has 0 amide bonds. The monoisotopic (exact) mass is 283 g/mol. The molecular formula is C14H25N3O3. The molecule has 0 aliphatic heterocycles. The minimum Gasteiger partial charge on any atom is -0.389 e. The van der Waals surface area contributed by atoms with Crippen molar-refractivity contribution in [1.29, 1.82) is 0 Å². The summed E-state index contributed by atoms with van der Waals surface area (Å²) < 4.78 is 10.7. The van der Waals surface area contributed by atoms with Crippen LogP contribution in [0.15, 0.2) is 18.6 Å². The van der Waals surface area contributed by atoms with E-state index in [1.54, 1.807) is 6.20 Å². The minimum atomic E-state index is -0.521. The van der Waals surface area contributed by atoms with Gasteiger partial charge in [-0.1, -0.05) is 13.3 Å². The zero-order valence-electron chi connectivity index (χ0n) is 12.1. The van der Waals surface area contributed by atoms with Crippen molar-refractivity contribution in [3.05, 3.63) is 24.3 Å². The van der Waals surface area contributed by atoms with Crippen LogP contribution >= 0.6 is 0 Å². The van der Waals surface area contributed by atoms with E-state index < -0.39 is 6.10 Å². The molecule has 1 unspecified atom stereocenters. The lowest BCUT2D eigenvalue weighted by atomic mass is 10.3. The quantitative estimate of drug-likeness (QED) is 0.552. The molecule has 0 aromatic carbocycles. The lowest BCUT2D eigenvalue weighted by Crippen LogP contribution is -2.30. The molecule has 1 aromatic heterocycles. The summed E-state index contributed by atoms with van der Waals surface area (Å²) >= 11 is 0. The number of nitrogens with zero attached hydrogens (tertiary/aromatic N) is 2. The van der Waals surface area contributed by atoms with E-state index in [1.807, 2.05) is 6.07 Å². The molecule has 20 heavy (non-hydrogen) atoms. The minimum absolute atomic E-state index is 0.313. The van der Waals surface area contributed by atoms with Gasteiger partial charge in [0.2, 0.25) is 0 Å². The third-order valence-corrected chi connectivity index (χ3v) is 2.65. The first-order valence-electron chi connectivity index (χ1n) is 7.12. The van der Waals surface area contributed by atoms with Crippen LogP contribution in [0.25, 0.3) is 0 Å². The van der Waals surface area contributed by atoms with Crippen molar-refractivity contribution in [2.45, 2.75) is 32.4 Å². The molecule has 2 N–H and O–H groups in total. The molecule has 1 aromatic rings. The maximum absolute atomic E-state index is 9.71. The predicted octanol–water partition coefficient (Wildman–Crippen LogP) is 0.760. The second-order valence-electron chi connectivity index (χ2n) is 4.53. The van der Waals surface area contributed by atoms with E-state index in [4.69, 9.17) is 9.47 Å². The zero-order valence-corrected chi connectivity index (χ0v) is 12.1. The molecule has 6 heteroatoms. The van der Waals surface area contributed by atoms with Crippen LogP contribution in [0.3, 0.4) is 0 Å². The van der Waals surface area contributed by atoms with Crippen molar-refractivity contribution in [2.75, 3.05) is 33.0 Å². The van der Waals surface area contributed by atoms with Gasteiger partial charge in [-0.2, -0.15) is 0 Å². The van der Waals surface area contributed by atoms with Crippen LogP contribution in [0.4, 0.5) is 0 Å². The topological polar surface area (TPSA) is 76.5 Å². The molecule has 0 aliphatic rings. The Balaban J connectivity index is 1.91. The van der Waals surface area contributed by atoms with E-state index >= 15 is 0 Å². The van der Waals surface area contributed by atoms with Crippen molar-refractivity contribution in [3.8, 4) is 0 Å². The third kappa shape index (κ3) is 8.92. The average Bonchev–Trinajstić information content (AvgIpc) is 2.47. The van der Waals surface area contributed by atoms with E-state index in [2.05, 4.69) is 22.2 Å². The van der Waals surface area contributed by atoms with Gasteiger partial charge in [-0.05, 0) is 12.5 Å². The molecule has 0 saturated carbocycles. The van der Waals surface area contributed by atoms with Crippen LogP contribution in [0, 0.1) is 0 Å². The normalized spacial score (nSPS) is 12.5. The highest BCUT2D eigenvalue weighted by Gasteiger charge is 2.04. The standard InChI is InChI=1S/C14H25N3O3/c1-2-3-6-19-7-8-20-11-14(18)10-16-9-13-4-5-15-12-17-13/h4-5,12,14,16,18H,2-3,6-11H2,1H3. The SMILES string of the molecule is CCCCOCCOCC(O)CNCc1ccncn1. The van der Waals surface area contributed by atoms with E-state index in [9.17, 15) is 5.11 Å². The van der Waals surface area contributed by atoms with Gasteiger partial charge in [-0.3, -0.25) is 0 Å². The predicted molar refractivity (Wildman–Crippen MR) is 76.3 cm³/mol. The molecule has 1 atom stereocenters. The first kappa shape index (κ1) is 17.0. The van der Waals surface area contributed by atoms with Gasteiger partial charge in [0.25, 0.3) is 0 Å². The Morgan fingerprint density at radius 1 is 1.30 bits per heavy atom. The van der Waals surface area contributed by atoms with E-state index in [0.717, 1.165) is 25.1 Å². The van der Waals surface area contributed by atoms with Crippen molar-refractivity contribution >= 4 is 0 Å². The summed E-state index contributed by atoms with van der Waals surface area (Å²) in [5.74, 6) is 0. The van der Waals surface area contributed by atoms with Crippen LogP contribution in [-0.4, -0.2) is 54.2 Å². The summed E-state index contributed by atoms with van der Waals surface area (Å²) in [6.45, 7) is 5.41. The fourth-order valence-corrected chi connectivity index (χ4v) is 1.53. The lowest BCUT2D eigenvalue weighted by molar-refractivity contribution is 0.00383. The molecule has 6 nitrogen and oxygen atoms in total. The highest BCUT2D eigenvalue weighted by molar-refractivity contribution is 4.96. The summed E-state index contributed by atoms with van der Waals surface area (Å²) in [7, 11) is 0. The summed E-state index contributed by atoms with van der Waals surface area (Å²) in [5.41, 5.74) is 0.900. The Kier molecular flexibility index (Phi) is 9.95. The van der Waals surface area contributed by atoms with Gasteiger partial charge in [-0.25, -0.2) is 9.97 Å². The molecule has 0 bridgehead atoms. The molecule has 0 aliphatic carbocycles. The Labute approximate surface area is 120 Å². The number of hydrogen-bond donors (Lipinski definition) is 2. The fraction of sp³-hybridized carbons (Fsp3) is 0.714. The molecule has 0 fully saturated rings. The van der Waals surface area contributed by atoms with Crippen LogP contribution in [-0.2, 0) is 16.0 Å². The number of ether oxygens (including phenoxy) is 2. The van der Waals surface area contributed by atoms with Gasteiger partial charge in [-0.15, -0.1) is 0 Å². The molecule has 1 heterocycles. The van der Waals surface area contributed by atoms with Crippen LogP contribution in [0.2, 0.25) is 0 Å². The number of aromatic nitrogens is 2. The zero-order chi connectivity index (χ0) is 14.5. The number of hydrogen-bond acceptors (Lipinski definition) is 6. The Morgan fingerprint density at radius 3 is 2.90 bits per heavy atom. The molecule has 0 radical (unpaired) electrons. The van der Waals surface area contributed by atoms with Gasteiger partial charge in [0.05, 0.1) is 31.6 Å². The number of aliphatic hydroxyl groups excluding tert-OH is 1. The molecule has 114 valence electrons. The molecule has 0 saturated heterocycles. The van der Waals surface area contributed by atoms with Crippen LogP contribution < -0.4 is 5.32 Å². The first-order valence-corrected chi connectivity index (χ1v) is 7.12. The maximum Gasteiger partial charge on any atom is 0.115 e. The summed E-state index contributed by atoms with van der Waals surface area (Å²) in [4.78, 5) is 7.93. The van der Waals surface area contributed by atoms with Crippen molar-refractivity contribution < 1.29 is 14.6 Å². The van der Waals surface area contributed by atoms with E-state index in [0.29, 0.717) is 32.9 Å². The van der Waals surface area contributed by atoms with Crippen molar-refractivity contribution in [3.63, 3.8) is 0 Å². The Morgan fingerprint density at radius 2 is 2.15 bits per heavy atom. The van der Waals surface area contributed by atoms with E-state index in [1.165, 1.54) is 6.33 Å². The largest absolute Gasteiger partial charge is 0.389 e. The second kappa shape index (κ2) is 11.7. The van der Waals surface area contributed by atoms with Gasteiger partial charge < -0.3 is 19.9 Å². The van der Waals surface area contributed by atoms with Gasteiger partial charge >= 0.3 is 0 Å². The molecule has 0 spiro atoms. The number of aliphatic hydroxyl groups is 1. The fourth-order valence-electron chi connectivity index (χ4n) is 1.53. The Hall–Kier alpha value is -1.08. The lowest BCUT2D eigenvalue weighted by Gasteiger charge is -2.12. The maximum atomic E-state index is 9.71. The molecule has 1 rings (SSSR count). The van der Waals surface area contributed by atoms with Crippen LogP contribution in [0.5, 0.6) is 0 Å². The van der Waals surface area contributed by atoms with Gasteiger partial charge in [0.15, 0.2) is 0 Å². The number of rotatable bonds is 12. The van der Waals surface area contributed by atoms with E-state index in [-0.39, 0.29) is 0 Å². The van der Waals surface area contributed by atoms with Crippen LogP contribution in [0.1, 0.15) is 25.5 Å². The van der Waals surface area contributed by atoms with Gasteiger partial charge in [0, 0.05) is 25.9 Å². The summed E-state index contributed by atoms with van der Waals surface area (Å²) in [5, 5.41) is 12.8. The van der Waals surface area contributed by atoms with Gasteiger partial charge in [0.1, 0.15) is 6.33 Å². The first-order chi connectivity index (χ1) is 9.83.